The predicted octanol–water partition coefficient (Wildman–Crippen LogP) is 3.04. The van der Waals surface area contributed by atoms with E-state index >= 15 is 0 Å². The van der Waals surface area contributed by atoms with Crippen molar-refractivity contribution in [2.75, 3.05) is 0 Å². The summed E-state index contributed by atoms with van der Waals surface area (Å²) in [5.41, 5.74) is 6.59. The predicted molar refractivity (Wildman–Crippen MR) is 76.6 cm³/mol. The molecule has 2 N–H and O–H groups in total. The molecule has 0 saturated heterocycles. The van der Waals surface area contributed by atoms with Crippen molar-refractivity contribution in [3.8, 4) is 11.3 Å². The van der Waals surface area contributed by atoms with Crippen molar-refractivity contribution >= 4 is 17.7 Å². The number of amides is 1. The van der Waals surface area contributed by atoms with Gasteiger partial charge in [0.1, 0.15) is 0 Å². The van der Waals surface area contributed by atoms with Gasteiger partial charge in [-0.3, -0.25) is 4.79 Å². The topological polar surface area (TPSA) is 56.0 Å². The molecule has 3 nitrogen and oxygen atoms in total. The first-order valence-corrected chi connectivity index (χ1v) is 6.77. The maximum absolute atomic E-state index is 8.58. The van der Waals surface area contributed by atoms with Crippen molar-refractivity contribution in [1.82, 2.24) is 4.98 Å². The molecule has 0 radical (unpaired) electrons. The first kappa shape index (κ1) is 14.4. The first-order valence-electron chi connectivity index (χ1n) is 5.96. The molecule has 0 spiro atoms. The highest BCUT2D eigenvalue weighted by Gasteiger charge is 2.09. The van der Waals surface area contributed by atoms with Crippen molar-refractivity contribution in [1.29, 1.82) is 0 Å². The zero-order valence-corrected chi connectivity index (χ0v) is 11.5. The third-order valence-electron chi connectivity index (χ3n) is 2.41. The summed E-state index contributed by atoms with van der Waals surface area (Å²) in [6.07, 6.45) is 2.35. The molecule has 0 saturated carbocycles. The number of carbonyl (C=O) groups is 1. The smallest absolute Gasteiger partial charge is 0.204 e. The Bertz CT molecular complexity index is 480. The van der Waals surface area contributed by atoms with Gasteiger partial charge in [0, 0.05) is 10.4 Å². The van der Waals surface area contributed by atoms with Gasteiger partial charge in [-0.2, -0.15) is 0 Å². The molecule has 0 bridgehead atoms. The van der Waals surface area contributed by atoms with E-state index in [0.717, 1.165) is 12.8 Å². The van der Waals surface area contributed by atoms with Crippen LogP contribution in [-0.2, 0) is 17.6 Å². The Balaban J connectivity index is 0.000000492. The largest absolute Gasteiger partial charge is 0.372 e. The Morgan fingerprint density at radius 3 is 2.33 bits per heavy atom. The van der Waals surface area contributed by atoms with Gasteiger partial charge in [-0.1, -0.05) is 44.2 Å². The molecule has 4 heteroatoms. The minimum atomic E-state index is 0.250. The fourth-order valence-corrected chi connectivity index (χ4v) is 2.58. The van der Waals surface area contributed by atoms with Gasteiger partial charge in [0.05, 0.1) is 10.7 Å². The van der Waals surface area contributed by atoms with Gasteiger partial charge < -0.3 is 5.73 Å². The zero-order chi connectivity index (χ0) is 13.4. The molecule has 18 heavy (non-hydrogen) atoms. The number of aryl methyl sites for hydroxylation is 2. The Kier molecular flexibility index (Phi) is 6.08. The average molecular weight is 262 g/mol. The summed E-state index contributed by atoms with van der Waals surface area (Å²) >= 11 is 1.84. The maximum atomic E-state index is 8.58. The van der Waals surface area contributed by atoms with E-state index in [1.807, 2.05) is 17.4 Å². The van der Waals surface area contributed by atoms with E-state index in [4.69, 9.17) is 4.79 Å². The highest BCUT2D eigenvalue weighted by atomic mass is 32.1. The van der Waals surface area contributed by atoms with Gasteiger partial charge in [-0.15, -0.1) is 11.3 Å². The van der Waals surface area contributed by atoms with E-state index in [-0.39, 0.29) is 6.41 Å². The highest BCUT2D eigenvalue weighted by molar-refractivity contribution is 7.12. The van der Waals surface area contributed by atoms with Crippen LogP contribution in [0, 0.1) is 0 Å². The van der Waals surface area contributed by atoms with Crippen LogP contribution in [0.3, 0.4) is 0 Å². The van der Waals surface area contributed by atoms with Crippen LogP contribution < -0.4 is 5.73 Å². The summed E-state index contributed by atoms with van der Waals surface area (Å²) in [7, 11) is 0. The van der Waals surface area contributed by atoms with Crippen LogP contribution in [0.4, 0.5) is 0 Å². The highest BCUT2D eigenvalue weighted by Crippen LogP contribution is 2.28. The van der Waals surface area contributed by atoms with Crippen LogP contribution in [-0.4, -0.2) is 11.4 Å². The van der Waals surface area contributed by atoms with Gasteiger partial charge in [-0.25, -0.2) is 4.98 Å². The third kappa shape index (κ3) is 3.67. The minimum absolute atomic E-state index is 0.250. The van der Waals surface area contributed by atoms with Crippen LogP contribution in [0.25, 0.3) is 11.3 Å². The Morgan fingerprint density at radius 2 is 1.83 bits per heavy atom. The number of hydrogen-bond acceptors (Lipinski definition) is 3. The number of aromatic nitrogens is 1. The lowest BCUT2D eigenvalue weighted by Gasteiger charge is -1.98. The zero-order valence-electron chi connectivity index (χ0n) is 10.7. The molecule has 0 aliphatic carbocycles. The number of primary amides is 1. The molecule has 1 heterocycles. The number of thiazole rings is 1. The van der Waals surface area contributed by atoms with Gasteiger partial charge in [0.25, 0.3) is 0 Å². The molecule has 2 rings (SSSR count). The lowest BCUT2D eigenvalue weighted by molar-refractivity contribution is -0.106. The molecule has 1 aromatic heterocycles. The minimum Gasteiger partial charge on any atom is -0.372 e. The van der Waals surface area contributed by atoms with E-state index in [0.29, 0.717) is 0 Å². The average Bonchev–Trinajstić information content (AvgIpc) is 2.84. The molecule has 2 aromatic rings. The number of benzene rings is 1. The molecular formula is C14H18N2OS. The lowest BCUT2D eigenvalue weighted by atomic mass is 10.1. The van der Waals surface area contributed by atoms with Crippen LogP contribution in [0.1, 0.15) is 23.7 Å². The molecule has 0 atom stereocenters. The first-order chi connectivity index (χ1) is 8.76. The molecule has 96 valence electrons. The van der Waals surface area contributed by atoms with Gasteiger partial charge in [0.15, 0.2) is 0 Å². The SMILES string of the molecule is CCc1nc(-c2ccccc2)c(CC)s1.NC=O. The quantitative estimate of drug-likeness (QED) is 0.864. The maximum Gasteiger partial charge on any atom is 0.204 e. The number of rotatable bonds is 3. The molecule has 0 fully saturated rings. The number of nitrogens with two attached hydrogens (primary N) is 1. The van der Waals surface area contributed by atoms with Crippen molar-refractivity contribution in [3.05, 3.63) is 40.2 Å². The van der Waals surface area contributed by atoms with Crippen molar-refractivity contribution in [2.45, 2.75) is 26.7 Å². The van der Waals surface area contributed by atoms with Gasteiger partial charge in [-0.05, 0) is 12.8 Å². The molecule has 1 aromatic carbocycles. The number of nitrogens with zero attached hydrogens (tertiary/aromatic N) is 1. The van der Waals surface area contributed by atoms with E-state index < -0.39 is 0 Å². The van der Waals surface area contributed by atoms with Gasteiger partial charge in [0.2, 0.25) is 6.41 Å². The fourth-order valence-electron chi connectivity index (χ4n) is 1.61. The second-order valence-electron chi connectivity index (χ2n) is 3.59. The summed E-state index contributed by atoms with van der Waals surface area (Å²) < 4.78 is 0. The van der Waals surface area contributed by atoms with Crippen molar-refractivity contribution in [2.24, 2.45) is 5.73 Å². The lowest BCUT2D eigenvalue weighted by Crippen LogP contribution is -1.83. The normalized spacial score (nSPS) is 9.44. The summed E-state index contributed by atoms with van der Waals surface area (Å²) in [5.74, 6) is 0. The van der Waals surface area contributed by atoms with Crippen LogP contribution in [0.5, 0.6) is 0 Å². The second-order valence-corrected chi connectivity index (χ2v) is 4.76. The van der Waals surface area contributed by atoms with E-state index in [1.54, 1.807) is 0 Å². The molecule has 1 amide bonds. The summed E-state index contributed by atoms with van der Waals surface area (Å²) in [6, 6.07) is 10.4. The Morgan fingerprint density at radius 1 is 1.22 bits per heavy atom. The Hall–Kier alpha value is -1.68. The third-order valence-corrected chi connectivity index (χ3v) is 3.76. The van der Waals surface area contributed by atoms with E-state index in [9.17, 15) is 0 Å². The van der Waals surface area contributed by atoms with Crippen LogP contribution in [0.2, 0.25) is 0 Å². The fraction of sp³-hybridized carbons (Fsp3) is 0.286. The molecule has 0 aliphatic rings. The summed E-state index contributed by atoms with van der Waals surface area (Å²) in [6.45, 7) is 4.35. The second kappa shape index (κ2) is 7.61. The molecule has 0 aliphatic heterocycles. The molecule has 0 unspecified atom stereocenters. The van der Waals surface area contributed by atoms with Crippen LogP contribution >= 0.6 is 11.3 Å². The van der Waals surface area contributed by atoms with E-state index in [2.05, 4.69) is 48.8 Å². The van der Waals surface area contributed by atoms with Crippen LogP contribution in [0.15, 0.2) is 30.3 Å². The standard InChI is InChI=1S/C13H15NS.CH3NO/c1-3-11-13(14-12(4-2)15-11)10-8-6-5-7-9-10;2-1-3/h5-9H,3-4H2,1-2H3;1H,(H2,2,3). The van der Waals surface area contributed by atoms with Gasteiger partial charge >= 0.3 is 0 Å². The molecular weight excluding hydrogens is 244 g/mol. The monoisotopic (exact) mass is 262 g/mol. The van der Waals surface area contributed by atoms with Crippen molar-refractivity contribution in [3.63, 3.8) is 0 Å². The summed E-state index contributed by atoms with van der Waals surface area (Å²) in [5, 5.41) is 1.24. The van der Waals surface area contributed by atoms with Crippen molar-refractivity contribution < 1.29 is 4.79 Å². The van der Waals surface area contributed by atoms with E-state index in [1.165, 1.54) is 21.1 Å². The number of hydrogen-bond donors (Lipinski definition) is 1. The summed E-state index contributed by atoms with van der Waals surface area (Å²) in [4.78, 5) is 14.7. The Labute approximate surface area is 112 Å². The number of carbonyl (C=O) groups excluding carboxylic acids is 1.